The third kappa shape index (κ3) is 6.49. The first-order chi connectivity index (χ1) is 11.5. The van der Waals surface area contributed by atoms with Gasteiger partial charge in [-0.3, -0.25) is 14.4 Å². The number of rotatable bonds is 9. The third-order valence-electron chi connectivity index (χ3n) is 4.39. The normalized spacial score (nSPS) is 17.5. The summed E-state index contributed by atoms with van der Waals surface area (Å²) in [6, 6.07) is 0. The summed E-state index contributed by atoms with van der Waals surface area (Å²) in [5.74, 6) is -0.0344. The van der Waals surface area contributed by atoms with Crippen LogP contribution in [0.5, 0.6) is 0 Å². The van der Waals surface area contributed by atoms with Gasteiger partial charge in [-0.05, 0) is 32.6 Å². The quantitative estimate of drug-likeness (QED) is 0.696. The van der Waals surface area contributed by atoms with Gasteiger partial charge >= 0.3 is 0 Å². The summed E-state index contributed by atoms with van der Waals surface area (Å²) in [6.45, 7) is 9.29. The number of likely N-dealkylation sites (tertiary alicyclic amines) is 1. The van der Waals surface area contributed by atoms with Crippen LogP contribution in [0, 0.1) is 5.92 Å². The van der Waals surface area contributed by atoms with Crippen LogP contribution in [0.2, 0.25) is 0 Å². The van der Waals surface area contributed by atoms with Crippen molar-refractivity contribution in [2.45, 2.75) is 59.3 Å². The number of carbonyl (C=O) groups excluding carboxylic acids is 3. The Labute approximate surface area is 145 Å². The predicted molar refractivity (Wildman–Crippen MR) is 94.4 cm³/mol. The van der Waals surface area contributed by atoms with E-state index in [1.807, 2.05) is 11.8 Å². The van der Waals surface area contributed by atoms with Crippen molar-refractivity contribution in [3.63, 3.8) is 0 Å². The lowest BCUT2D eigenvalue weighted by Gasteiger charge is -2.32. The summed E-state index contributed by atoms with van der Waals surface area (Å²) in [5.41, 5.74) is 0. The fraction of sp³-hybridized carbons (Fsp3) is 0.833. The summed E-state index contributed by atoms with van der Waals surface area (Å²) < 4.78 is 0. The van der Waals surface area contributed by atoms with E-state index in [-0.39, 0.29) is 36.5 Å². The van der Waals surface area contributed by atoms with Crippen molar-refractivity contribution in [1.29, 1.82) is 0 Å². The van der Waals surface area contributed by atoms with Gasteiger partial charge < -0.3 is 15.1 Å². The fourth-order valence-corrected chi connectivity index (χ4v) is 3.17. The van der Waals surface area contributed by atoms with Crippen LogP contribution in [0.25, 0.3) is 0 Å². The zero-order chi connectivity index (χ0) is 17.9. The van der Waals surface area contributed by atoms with Crippen molar-refractivity contribution in [3.8, 4) is 0 Å². The van der Waals surface area contributed by atoms with Crippen LogP contribution >= 0.6 is 0 Å². The predicted octanol–water partition coefficient (Wildman–Crippen LogP) is 1.79. The van der Waals surface area contributed by atoms with E-state index in [9.17, 15) is 14.4 Å². The van der Waals surface area contributed by atoms with Crippen molar-refractivity contribution in [2.24, 2.45) is 5.92 Å². The highest BCUT2D eigenvalue weighted by Gasteiger charge is 2.28. The maximum Gasteiger partial charge on any atom is 0.224 e. The maximum absolute atomic E-state index is 12.4. The molecule has 0 aliphatic carbocycles. The Morgan fingerprint density at radius 1 is 1.08 bits per heavy atom. The Balaban J connectivity index is 2.46. The molecule has 0 aromatic carbocycles. The van der Waals surface area contributed by atoms with Crippen LogP contribution in [0.1, 0.15) is 59.3 Å². The molecule has 1 saturated heterocycles. The summed E-state index contributed by atoms with van der Waals surface area (Å²) in [6.07, 6.45) is 4.04. The molecular formula is C18H33N3O3. The molecule has 1 aliphatic rings. The number of amides is 3. The molecule has 0 spiro atoms. The Morgan fingerprint density at radius 2 is 1.75 bits per heavy atom. The lowest BCUT2D eigenvalue weighted by molar-refractivity contribution is -0.139. The molecular weight excluding hydrogens is 306 g/mol. The largest absolute Gasteiger partial charge is 0.356 e. The summed E-state index contributed by atoms with van der Waals surface area (Å²) in [4.78, 5) is 40.2. The standard InChI is InChI=1S/C18H33N3O3/c1-4-11-20(12-5-2)16(22)9-10-17(23)21-13-7-8-15(14-21)18(24)19-6-3/h15H,4-14H2,1-3H3,(H,19,24)/t15-/m1/s1. The van der Waals surface area contributed by atoms with Gasteiger partial charge in [0.2, 0.25) is 17.7 Å². The summed E-state index contributed by atoms with van der Waals surface area (Å²) in [5, 5.41) is 2.83. The van der Waals surface area contributed by atoms with Gasteiger partial charge in [-0.2, -0.15) is 0 Å². The van der Waals surface area contributed by atoms with Crippen molar-refractivity contribution < 1.29 is 14.4 Å². The molecule has 0 bridgehead atoms. The minimum absolute atomic E-state index is 0.00899. The molecule has 1 aliphatic heterocycles. The molecule has 1 fully saturated rings. The molecule has 6 nitrogen and oxygen atoms in total. The fourth-order valence-electron chi connectivity index (χ4n) is 3.17. The van der Waals surface area contributed by atoms with E-state index in [4.69, 9.17) is 0 Å². The number of hydrogen-bond donors (Lipinski definition) is 1. The lowest BCUT2D eigenvalue weighted by Crippen LogP contribution is -2.45. The van der Waals surface area contributed by atoms with Gasteiger partial charge in [0.15, 0.2) is 0 Å². The molecule has 0 saturated carbocycles. The van der Waals surface area contributed by atoms with Crippen molar-refractivity contribution in [2.75, 3.05) is 32.7 Å². The topological polar surface area (TPSA) is 69.7 Å². The smallest absolute Gasteiger partial charge is 0.224 e. The second-order valence-electron chi connectivity index (χ2n) is 6.45. The van der Waals surface area contributed by atoms with E-state index < -0.39 is 0 Å². The molecule has 138 valence electrons. The Bertz CT molecular complexity index is 420. The molecule has 1 rings (SSSR count). The molecule has 24 heavy (non-hydrogen) atoms. The van der Waals surface area contributed by atoms with Crippen LogP contribution < -0.4 is 5.32 Å². The minimum atomic E-state index is -0.116. The molecule has 0 aromatic heterocycles. The molecule has 1 atom stereocenters. The van der Waals surface area contributed by atoms with Crippen molar-refractivity contribution >= 4 is 17.7 Å². The van der Waals surface area contributed by atoms with Crippen LogP contribution in [0.4, 0.5) is 0 Å². The molecule has 0 radical (unpaired) electrons. The number of nitrogens with zero attached hydrogens (tertiary/aromatic N) is 2. The van der Waals surface area contributed by atoms with E-state index in [2.05, 4.69) is 19.2 Å². The van der Waals surface area contributed by atoms with Crippen LogP contribution in [0.3, 0.4) is 0 Å². The second-order valence-corrected chi connectivity index (χ2v) is 6.45. The highest BCUT2D eigenvalue weighted by atomic mass is 16.2. The average molecular weight is 339 g/mol. The van der Waals surface area contributed by atoms with E-state index in [1.165, 1.54) is 0 Å². The highest BCUT2D eigenvalue weighted by molar-refractivity contribution is 5.85. The lowest BCUT2D eigenvalue weighted by atomic mass is 9.96. The zero-order valence-corrected chi connectivity index (χ0v) is 15.5. The average Bonchev–Trinajstić information content (AvgIpc) is 2.59. The van der Waals surface area contributed by atoms with Gasteiger partial charge in [-0.15, -0.1) is 0 Å². The van der Waals surface area contributed by atoms with Crippen LogP contribution in [-0.2, 0) is 14.4 Å². The van der Waals surface area contributed by atoms with Gasteiger partial charge in [0.25, 0.3) is 0 Å². The molecule has 1 N–H and O–H groups in total. The van der Waals surface area contributed by atoms with Crippen molar-refractivity contribution in [3.05, 3.63) is 0 Å². The Hall–Kier alpha value is -1.59. The van der Waals surface area contributed by atoms with Gasteiger partial charge in [0, 0.05) is 45.6 Å². The number of nitrogens with one attached hydrogen (secondary N) is 1. The third-order valence-corrected chi connectivity index (χ3v) is 4.39. The minimum Gasteiger partial charge on any atom is -0.356 e. The summed E-state index contributed by atoms with van der Waals surface area (Å²) in [7, 11) is 0. The monoisotopic (exact) mass is 339 g/mol. The molecule has 0 unspecified atom stereocenters. The summed E-state index contributed by atoms with van der Waals surface area (Å²) >= 11 is 0. The van der Waals surface area contributed by atoms with Gasteiger partial charge in [-0.1, -0.05) is 13.8 Å². The maximum atomic E-state index is 12.4. The number of hydrogen-bond acceptors (Lipinski definition) is 3. The second kappa shape index (κ2) is 11.0. The number of piperidine rings is 1. The SMILES string of the molecule is CCCN(CCC)C(=O)CCC(=O)N1CCC[C@@H](C(=O)NCC)C1. The first-order valence-corrected chi connectivity index (χ1v) is 9.36. The van der Waals surface area contributed by atoms with Gasteiger partial charge in [0.1, 0.15) is 0 Å². The van der Waals surface area contributed by atoms with Crippen LogP contribution in [0.15, 0.2) is 0 Å². The van der Waals surface area contributed by atoms with Gasteiger partial charge in [0.05, 0.1) is 5.92 Å². The molecule has 6 heteroatoms. The Morgan fingerprint density at radius 3 is 2.33 bits per heavy atom. The molecule has 0 aromatic rings. The van der Waals surface area contributed by atoms with E-state index in [0.29, 0.717) is 19.6 Å². The highest BCUT2D eigenvalue weighted by Crippen LogP contribution is 2.18. The zero-order valence-electron chi connectivity index (χ0n) is 15.5. The van der Waals surface area contributed by atoms with E-state index >= 15 is 0 Å². The van der Waals surface area contributed by atoms with Gasteiger partial charge in [-0.25, -0.2) is 0 Å². The number of carbonyl (C=O) groups is 3. The Kier molecular flexibility index (Phi) is 9.42. The molecule has 3 amide bonds. The first kappa shape index (κ1) is 20.5. The van der Waals surface area contributed by atoms with E-state index in [0.717, 1.165) is 38.8 Å². The van der Waals surface area contributed by atoms with Crippen LogP contribution in [-0.4, -0.2) is 60.2 Å². The molecule has 1 heterocycles. The van der Waals surface area contributed by atoms with E-state index in [1.54, 1.807) is 4.90 Å². The van der Waals surface area contributed by atoms with Crippen molar-refractivity contribution in [1.82, 2.24) is 15.1 Å². The first-order valence-electron chi connectivity index (χ1n) is 9.36.